The van der Waals surface area contributed by atoms with E-state index < -0.39 is 21.7 Å². The van der Waals surface area contributed by atoms with E-state index in [2.05, 4.69) is 10.0 Å². The first-order valence-electron chi connectivity index (χ1n) is 7.14. The normalized spacial score (nSPS) is 14.5. The van der Waals surface area contributed by atoms with Crippen LogP contribution < -0.4 is 10.0 Å². The molecule has 23 heavy (non-hydrogen) atoms. The molecule has 0 unspecified atom stereocenters. The molecule has 1 aliphatic rings. The molecule has 0 bridgehead atoms. The number of hydrogen-bond acceptors (Lipinski definition) is 3. The lowest BCUT2D eigenvalue weighted by Crippen LogP contribution is -2.25. The average molecular weight is 334 g/mol. The maximum atomic E-state index is 14.1. The molecule has 0 aliphatic heterocycles. The minimum Gasteiger partial charge on any atom is -0.319 e. The molecule has 5 nitrogen and oxygen atoms in total. The molecule has 1 fully saturated rings. The maximum Gasteiger partial charge on any atom is 0.255 e. The van der Waals surface area contributed by atoms with Gasteiger partial charge in [-0.1, -0.05) is 18.2 Å². The quantitative estimate of drug-likeness (QED) is 0.882. The van der Waals surface area contributed by atoms with Crippen LogP contribution in [-0.4, -0.2) is 20.4 Å². The second kappa shape index (κ2) is 6.10. The lowest BCUT2D eigenvalue weighted by atomic mass is 10.2. The summed E-state index contributed by atoms with van der Waals surface area (Å²) in [5.41, 5.74) is 0.322. The average Bonchev–Trinajstić information content (AvgIpc) is 3.33. The van der Waals surface area contributed by atoms with Crippen molar-refractivity contribution in [2.45, 2.75) is 23.8 Å². The van der Waals surface area contributed by atoms with E-state index in [1.807, 2.05) is 0 Å². The van der Waals surface area contributed by atoms with Crippen LogP contribution in [0.25, 0.3) is 0 Å². The molecule has 0 radical (unpaired) electrons. The van der Waals surface area contributed by atoms with Crippen molar-refractivity contribution in [3.8, 4) is 0 Å². The number of carbonyl (C=O) groups is 1. The van der Waals surface area contributed by atoms with Gasteiger partial charge in [-0.25, -0.2) is 17.5 Å². The number of anilines is 1. The summed E-state index contributed by atoms with van der Waals surface area (Å²) in [7, 11) is -3.72. The van der Waals surface area contributed by atoms with E-state index in [0.29, 0.717) is 5.56 Å². The highest BCUT2D eigenvalue weighted by Gasteiger charge is 2.28. The van der Waals surface area contributed by atoms with E-state index in [1.165, 1.54) is 12.1 Å². The molecule has 2 N–H and O–H groups in total. The van der Waals surface area contributed by atoms with Gasteiger partial charge in [0.25, 0.3) is 5.91 Å². The Morgan fingerprint density at radius 3 is 2.39 bits per heavy atom. The lowest BCUT2D eigenvalue weighted by Gasteiger charge is -2.09. The van der Waals surface area contributed by atoms with Crippen LogP contribution in [0.3, 0.4) is 0 Å². The molecule has 120 valence electrons. The van der Waals surface area contributed by atoms with Crippen LogP contribution in [0.1, 0.15) is 23.2 Å². The zero-order valence-corrected chi connectivity index (χ0v) is 12.9. The van der Waals surface area contributed by atoms with E-state index in [1.54, 1.807) is 30.3 Å². The second-order valence-electron chi connectivity index (χ2n) is 5.36. The lowest BCUT2D eigenvalue weighted by molar-refractivity contribution is 0.102. The molecule has 1 aliphatic carbocycles. The molecule has 1 amide bonds. The Morgan fingerprint density at radius 2 is 1.78 bits per heavy atom. The first-order chi connectivity index (χ1) is 11.0. The highest BCUT2D eigenvalue weighted by Crippen LogP contribution is 2.24. The molecule has 0 atom stereocenters. The fourth-order valence-electron chi connectivity index (χ4n) is 2.04. The molecular weight excluding hydrogens is 319 g/mol. The third-order valence-electron chi connectivity index (χ3n) is 3.43. The number of hydrogen-bond donors (Lipinski definition) is 2. The zero-order valence-electron chi connectivity index (χ0n) is 12.1. The number of carbonyl (C=O) groups excluding carboxylic acids is 1. The third kappa shape index (κ3) is 3.75. The van der Waals surface area contributed by atoms with Crippen molar-refractivity contribution in [2.24, 2.45) is 0 Å². The number of nitrogens with one attached hydrogen (secondary N) is 2. The number of amides is 1. The third-order valence-corrected chi connectivity index (χ3v) is 4.95. The summed E-state index contributed by atoms with van der Waals surface area (Å²) in [5, 5.41) is 2.43. The number of benzene rings is 2. The molecule has 2 aromatic carbocycles. The van der Waals surface area contributed by atoms with Crippen molar-refractivity contribution in [3.63, 3.8) is 0 Å². The van der Waals surface area contributed by atoms with E-state index in [9.17, 15) is 17.6 Å². The number of sulfonamides is 1. The van der Waals surface area contributed by atoms with Crippen LogP contribution in [-0.2, 0) is 10.0 Å². The van der Waals surface area contributed by atoms with Crippen LogP contribution in [0.2, 0.25) is 0 Å². The summed E-state index contributed by atoms with van der Waals surface area (Å²) in [6, 6.07) is 11.7. The Morgan fingerprint density at radius 1 is 1.09 bits per heavy atom. The van der Waals surface area contributed by atoms with Crippen molar-refractivity contribution in [3.05, 3.63) is 59.9 Å². The number of halogens is 1. The molecule has 0 spiro atoms. The summed E-state index contributed by atoms with van der Waals surface area (Å²) in [6.07, 6.45) is 1.60. The van der Waals surface area contributed by atoms with Crippen LogP contribution >= 0.6 is 0 Å². The molecule has 7 heteroatoms. The summed E-state index contributed by atoms with van der Waals surface area (Å²) in [4.78, 5) is 11.8. The number of rotatable bonds is 5. The van der Waals surface area contributed by atoms with Crippen molar-refractivity contribution in [1.29, 1.82) is 0 Å². The van der Waals surface area contributed by atoms with Gasteiger partial charge in [-0.15, -0.1) is 0 Å². The van der Waals surface area contributed by atoms with Crippen LogP contribution in [0.5, 0.6) is 0 Å². The summed E-state index contributed by atoms with van der Waals surface area (Å²) < 4.78 is 40.6. The van der Waals surface area contributed by atoms with Gasteiger partial charge in [0.05, 0.1) is 10.6 Å². The van der Waals surface area contributed by atoms with Gasteiger partial charge in [0.15, 0.2) is 0 Å². The van der Waals surface area contributed by atoms with E-state index in [4.69, 9.17) is 0 Å². The van der Waals surface area contributed by atoms with E-state index in [0.717, 1.165) is 18.9 Å². The van der Waals surface area contributed by atoms with Gasteiger partial charge in [-0.3, -0.25) is 4.79 Å². The monoisotopic (exact) mass is 334 g/mol. The summed E-state index contributed by atoms with van der Waals surface area (Å²) >= 11 is 0. The van der Waals surface area contributed by atoms with Gasteiger partial charge >= 0.3 is 0 Å². The van der Waals surface area contributed by atoms with Crippen molar-refractivity contribution >= 4 is 21.6 Å². The van der Waals surface area contributed by atoms with Crippen molar-refractivity contribution in [1.82, 2.24) is 4.72 Å². The highest BCUT2D eigenvalue weighted by molar-refractivity contribution is 7.89. The molecule has 3 rings (SSSR count). The van der Waals surface area contributed by atoms with Crippen LogP contribution in [0, 0.1) is 5.82 Å². The van der Waals surface area contributed by atoms with E-state index >= 15 is 0 Å². The first-order valence-corrected chi connectivity index (χ1v) is 8.62. The highest BCUT2D eigenvalue weighted by atomic mass is 32.2. The van der Waals surface area contributed by atoms with Gasteiger partial charge in [0.2, 0.25) is 10.0 Å². The maximum absolute atomic E-state index is 14.1. The Kier molecular flexibility index (Phi) is 4.14. The van der Waals surface area contributed by atoms with Crippen molar-refractivity contribution < 1.29 is 17.6 Å². The van der Waals surface area contributed by atoms with Gasteiger partial charge < -0.3 is 5.32 Å². The van der Waals surface area contributed by atoms with Crippen molar-refractivity contribution in [2.75, 3.05) is 5.32 Å². The van der Waals surface area contributed by atoms with Gasteiger partial charge in [0, 0.05) is 11.6 Å². The predicted octanol–water partition coefficient (Wildman–Crippen LogP) is 2.52. The Hall–Kier alpha value is -2.25. The molecule has 0 aromatic heterocycles. The molecule has 2 aromatic rings. The Bertz CT molecular complexity index is 834. The minimum absolute atomic E-state index is 0.0551. The largest absolute Gasteiger partial charge is 0.319 e. The molecule has 1 saturated carbocycles. The Labute approximate surface area is 133 Å². The summed E-state index contributed by atoms with van der Waals surface area (Å²) in [6.45, 7) is 0. The van der Waals surface area contributed by atoms with Gasteiger partial charge in [-0.2, -0.15) is 0 Å². The topological polar surface area (TPSA) is 75.3 Å². The minimum atomic E-state index is -3.72. The van der Waals surface area contributed by atoms with Crippen LogP contribution in [0.4, 0.5) is 10.1 Å². The van der Waals surface area contributed by atoms with E-state index in [-0.39, 0.29) is 16.6 Å². The first kappa shape index (κ1) is 15.6. The predicted molar refractivity (Wildman–Crippen MR) is 84.1 cm³/mol. The fourth-order valence-corrected chi connectivity index (χ4v) is 3.35. The Balaban J connectivity index is 1.78. The zero-order chi connectivity index (χ0) is 16.4. The summed E-state index contributed by atoms with van der Waals surface area (Å²) in [5.74, 6) is -1.26. The molecule has 0 heterocycles. The SMILES string of the molecule is O=C(Nc1ccc(S(=O)(=O)NC2CC2)cc1F)c1ccccc1. The molecule has 0 saturated heterocycles. The van der Waals surface area contributed by atoms with Gasteiger partial charge in [-0.05, 0) is 43.2 Å². The second-order valence-corrected chi connectivity index (χ2v) is 7.07. The fraction of sp³-hybridized carbons (Fsp3) is 0.188. The van der Waals surface area contributed by atoms with Gasteiger partial charge in [0.1, 0.15) is 5.82 Å². The van der Waals surface area contributed by atoms with Crippen LogP contribution in [0.15, 0.2) is 53.4 Å². The molecular formula is C16H15FN2O3S. The smallest absolute Gasteiger partial charge is 0.255 e. The standard InChI is InChI=1S/C16H15FN2O3S/c17-14-10-13(23(21,22)19-12-6-7-12)8-9-15(14)18-16(20)11-4-2-1-3-5-11/h1-5,8-10,12,19H,6-7H2,(H,18,20).